The predicted molar refractivity (Wildman–Crippen MR) is 82.7 cm³/mol. The van der Waals surface area contributed by atoms with Gasteiger partial charge in [0.05, 0.1) is 25.4 Å². The Balaban J connectivity index is 1.96. The minimum Gasteiger partial charge on any atom is -0.462 e. The van der Waals surface area contributed by atoms with E-state index in [0.29, 0.717) is 18.2 Å². The Morgan fingerprint density at radius 2 is 2.33 bits per heavy atom. The molecule has 2 unspecified atom stereocenters. The van der Waals surface area contributed by atoms with E-state index in [9.17, 15) is 4.79 Å². The third kappa shape index (κ3) is 4.72. The van der Waals surface area contributed by atoms with Gasteiger partial charge in [0.1, 0.15) is 0 Å². The van der Waals surface area contributed by atoms with E-state index in [0.717, 1.165) is 31.9 Å². The maximum Gasteiger partial charge on any atom is 0.340 e. The summed E-state index contributed by atoms with van der Waals surface area (Å²) in [5, 5.41) is 6.84. The van der Waals surface area contributed by atoms with Crippen molar-refractivity contribution in [2.75, 3.05) is 31.7 Å². The number of para-hydroxylation sites is 1. The van der Waals surface area contributed by atoms with Crippen molar-refractivity contribution in [2.24, 2.45) is 0 Å². The second kappa shape index (κ2) is 8.00. The number of anilines is 1. The van der Waals surface area contributed by atoms with E-state index in [1.54, 1.807) is 6.07 Å². The number of morpholine rings is 1. The molecule has 116 valence electrons. The van der Waals surface area contributed by atoms with Gasteiger partial charge >= 0.3 is 5.97 Å². The summed E-state index contributed by atoms with van der Waals surface area (Å²) in [5.41, 5.74) is 1.40. The number of hydrogen-bond donors (Lipinski definition) is 2. The molecule has 1 aromatic rings. The topological polar surface area (TPSA) is 59.6 Å². The molecule has 1 aliphatic rings. The molecule has 2 atom stereocenters. The number of benzene rings is 1. The Bertz CT molecular complexity index is 459. The summed E-state index contributed by atoms with van der Waals surface area (Å²) in [4.78, 5) is 11.9. The predicted octanol–water partition coefficient (Wildman–Crippen LogP) is 2.04. The number of esters is 1. The van der Waals surface area contributed by atoms with Crippen LogP contribution in [0.4, 0.5) is 5.69 Å². The highest BCUT2D eigenvalue weighted by atomic mass is 16.5. The highest BCUT2D eigenvalue weighted by Gasteiger charge is 2.18. The molecule has 1 aromatic carbocycles. The number of carbonyl (C=O) groups excluding carboxylic acids is 1. The van der Waals surface area contributed by atoms with Crippen LogP contribution < -0.4 is 10.6 Å². The molecule has 1 saturated heterocycles. The van der Waals surface area contributed by atoms with Gasteiger partial charge in [-0.25, -0.2) is 4.79 Å². The van der Waals surface area contributed by atoms with Crippen LogP contribution in [0.3, 0.4) is 0 Å². The van der Waals surface area contributed by atoms with Crippen molar-refractivity contribution in [3.63, 3.8) is 0 Å². The Kier molecular flexibility index (Phi) is 6.02. The third-order valence-electron chi connectivity index (χ3n) is 3.46. The number of nitrogens with one attached hydrogen (secondary N) is 2. The summed E-state index contributed by atoms with van der Waals surface area (Å²) in [7, 11) is 0. The molecule has 1 fully saturated rings. The fraction of sp³-hybridized carbons (Fsp3) is 0.562. The monoisotopic (exact) mass is 292 g/mol. The van der Waals surface area contributed by atoms with Crippen molar-refractivity contribution in [2.45, 2.75) is 32.4 Å². The first-order valence-corrected chi connectivity index (χ1v) is 7.54. The zero-order valence-electron chi connectivity index (χ0n) is 12.7. The van der Waals surface area contributed by atoms with Crippen LogP contribution in [-0.4, -0.2) is 44.4 Å². The molecular weight excluding hydrogens is 268 g/mol. The lowest BCUT2D eigenvalue weighted by molar-refractivity contribution is 0.0527. The second-order valence-corrected chi connectivity index (χ2v) is 5.27. The average molecular weight is 292 g/mol. The van der Waals surface area contributed by atoms with Crippen LogP contribution in [0.1, 0.15) is 30.6 Å². The minimum absolute atomic E-state index is 0.236. The Labute approximate surface area is 126 Å². The van der Waals surface area contributed by atoms with Gasteiger partial charge in [-0.3, -0.25) is 0 Å². The lowest BCUT2D eigenvalue weighted by atomic mass is 10.1. The van der Waals surface area contributed by atoms with Crippen molar-refractivity contribution in [3.8, 4) is 0 Å². The fourth-order valence-electron chi connectivity index (χ4n) is 2.52. The summed E-state index contributed by atoms with van der Waals surface area (Å²) in [6.45, 7) is 6.72. The van der Waals surface area contributed by atoms with Crippen molar-refractivity contribution in [3.05, 3.63) is 29.8 Å². The Hall–Kier alpha value is -1.59. The fourth-order valence-corrected chi connectivity index (χ4v) is 2.52. The van der Waals surface area contributed by atoms with Gasteiger partial charge in [0.2, 0.25) is 0 Å². The Morgan fingerprint density at radius 1 is 1.52 bits per heavy atom. The molecule has 0 aliphatic carbocycles. The van der Waals surface area contributed by atoms with Gasteiger partial charge in [-0.1, -0.05) is 12.1 Å². The molecule has 5 heteroatoms. The lowest BCUT2D eigenvalue weighted by Gasteiger charge is -2.27. The van der Waals surface area contributed by atoms with E-state index < -0.39 is 0 Å². The second-order valence-electron chi connectivity index (χ2n) is 5.27. The van der Waals surface area contributed by atoms with E-state index in [-0.39, 0.29) is 12.0 Å². The molecule has 0 radical (unpaired) electrons. The smallest absolute Gasteiger partial charge is 0.340 e. The van der Waals surface area contributed by atoms with Crippen LogP contribution in [0.15, 0.2) is 24.3 Å². The molecule has 0 aromatic heterocycles. The molecule has 2 rings (SSSR count). The molecule has 0 bridgehead atoms. The molecule has 0 amide bonds. The van der Waals surface area contributed by atoms with Crippen LogP contribution in [0.25, 0.3) is 0 Å². The van der Waals surface area contributed by atoms with E-state index >= 15 is 0 Å². The van der Waals surface area contributed by atoms with Crippen LogP contribution >= 0.6 is 0 Å². The highest BCUT2D eigenvalue weighted by Crippen LogP contribution is 2.18. The normalized spacial score (nSPS) is 19.8. The molecule has 0 spiro atoms. The van der Waals surface area contributed by atoms with Crippen molar-refractivity contribution < 1.29 is 14.3 Å². The number of ether oxygens (including phenoxy) is 2. The summed E-state index contributed by atoms with van der Waals surface area (Å²) in [6.07, 6.45) is 0.942. The average Bonchev–Trinajstić information content (AvgIpc) is 2.49. The molecule has 5 nitrogen and oxygen atoms in total. The first-order valence-electron chi connectivity index (χ1n) is 7.54. The summed E-state index contributed by atoms with van der Waals surface area (Å²) < 4.78 is 10.6. The standard InChI is InChI=1S/C16H24N2O3/c1-3-21-16(19)14-6-4-5-7-15(14)18-12(2)10-13-11-20-9-8-17-13/h4-7,12-13,17-18H,3,8-11H2,1-2H3. The third-order valence-corrected chi connectivity index (χ3v) is 3.46. The first kappa shape index (κ1) is 15.8. The van der Waals surface area contributed by atoms with Crippen molar-refractivity contribution >= 4 is 11.7 Å². The summed E-state index contributed by atoms with van der Waals surface area (Å²) in [5.74, 6) is -0.285. The molecule has 1 aliphatic heterocycles. The van der Waals surface area contributed by atoms with Gasteiger partial charge in [-0.15, -0.1) is 0 Å². The number of hydrogen-bond acceptors (Lipinski definition) is 5. The van der Waals surface area contributed by atoms with Crippen molar-refractivity contribution in [1.82, 2.24) is 5.32 Å². The largest absolute Gasteiger partial charge is 0.462 e. The number of rotatable bonds is 6. The van der Waals surface area contributed by atoms with E-state index in [2.05, 4.69) is 17.6 Å². The summed E-state index contributed by atoms with van der Waals surface area (Å²) in [6, 6.07) is 8.05. The van der Waals surface area contributed by atoms with Crippen molar-refractivity contribution in [1.29, 1.82) is 0 Å². The quantitative estimate of drug-likeness (QED) is 0.786. The SMILES string of the molecule is CCOC(=O)c1ccccc1NC(C)CC1COCCN1. The molecule has 2 N–H and O–H groups in total. The summed E-state index contributed by atoms with van der Waals surface area (Å²) >= 11 is 0. The van der Waals surface area contributed by atoms with Crippen LogP contribution in [0.5, 0.6) is 0 Å². The van der Waals surface area contributed by atoms with Gasteiger partial charge < -0.3 is 20.1 Å². The lowest BCUT2D eigenvalue weighted by Crippen LogP contribution is -2.43. The maximum atomic E-state index is 11.9. The van der Waals surface area contributed by atoms with Gasteiger partial charge in [0.15, 0.2) is 0 Å². The van der Waals surface area contributed by atoms with Crippen LogP contribution in [-0.2, 0) is 9.47 Å². The zero-order chi connectivity index (χ0) is 15.1. The molecule has 0 saturated carbocycles. The zero-order valence-corrected chi connectivity index (χ0v) is 12.7. The minimum atomic E-state index is -0.285. The maximum absolute atomic E-state index is 11.9. The van der Waals surface area contributed by atoms with E-state index in [1.807, 2.05) is 25.1 Å². The molecule has 1 heterocycles. The highest BCUT2D eigenvalue weighted by molar-refractivity contribution is 5.95. The van der Waals surface area contributed by atoms with E-state index in [1.165, 1.54) is 0 Å². The first-order chi connectivity index (χ1) is 10.2. The van der Waals surface area contributed by atoms with Gasteiger partial charge in [-0.05, 0) is 32.4 Å². The van der Waals surface area contributed by atoms with Gasteiger partial charge in [0.25, 0.3) is 0 Å². The Morgan fingerprint density at radius 3 is 3.05 bits per heavy atom. The van der Waals surface area contributed by atoms with E-state index in [4.69, 9.17) is 9.47 Å². The van der Waals surface area contributed by atoms with Gasteiger partial charge in [-0.2, -0.15) is 0 Å². The molecule has 21 heavy (non-hydrogen) atoms. The number of carbonyl (C=O) groups is 1. The van der Waals surface area contributed by atoms with Gasteiger partial charge in [0, 0.05) is 24.3 Å². The van der Waals surface area contributed by atoms with Crippen LogP contribution in [0, 0.1) is 0 Å². The van der Waals surface area contributed by atoms with Crippen LogP contribution in [0.2, 0.25) is 0 Å². The molecular formula is C16H24N2O3.